The van der Waals surface area contributed by atoms with Gasteiger partial charge in [-0.25, -0.2) is 14.3 Å². The Labute approximate surface area is 214 Å². The van der Waals surface area contributed by atoms with Crippen LogP contribution >= 0.6 is 0 Å². The van der Waals surface area contributed by atoms with Gasteiger partial charge >= 0.3 is 0 Å². The molecule has 1 atom stereocenters. The van der Waals surface area contributed by atoms with Gasteiger partial charge in [0.05, 0.1) is 31.2 Å². The molecule has 6 rings (SSSR count). The molecule has 5 heterocycles. The van der Waals surface area contributed by atoms with E-state index in [0.717, 1.165) is 56.4 Å². The second-order valence-corrected chi connectivity index (χ2v) is 9.06. The van der Waals surface area contributed by atoms with Crippen molar-refractivity contribution in [2.24, 2.45) is 5.73 Å². The smallest absolute Gasteiger partial charge is 0.217 e. The minimum Gasteiger partial charge on any atom is -0.491 e. The van der Waals surface area contributed by atoms with E-state index < -0.39 is 6.29 Å². The van der Waals surface area contributed by atoms with Crippen molar-refractivity contribution in [1.29, 1.82) is 0 Å². The summed E-state index contributed by atoms with van der Waals surface area (Å²) in [6, 6.07) is 11.9. The Morgan fingerprint density at radius 2 is 1.92 bits per heavy atom. The third kappa shape index (κ3) is 4.78. The first-order valence-corrected chi connectivity index (χ1v) is 12.5. The van der Waals surface area contributed by atoms with E-state index in [0.29, 0.717) is 30.6 Å². The number of rotatable bonds is 9. The lowest BCUT2D eigenvalue weighted by molar-refractivity contribution is 0.146. The number of furan rings is 1. The van der Waals surface area contributed by atoms with Crippen molar-refractivity contribution in [3.63, 3.8) is 0 Å². The van der Waals surface area contributed by atoms with E-state index in [4.69, 9.17) is 19.6 Å². The summed E-state index contributed by atoms with van der Waals surface area (Å²) < 4.78 is 19.8. The van der Waals surface area contributed by atoms with Crippen molar-refractivity contribution < 1.29 is 13.9 Å². The summed E-state index contributed by atoms with van der Waals surface area (Å²) in [7, 11) is 1.67. The van der Waals surface area contributed by atoms with Crippen molar-refractivity contribution in [1.82, 2.24) is 29.4 Å². The number of ether oxygens (including phenoxy) is 2. The van der Waals surface area contributed by atoms with Crippen LogP contribution in [0.25, 0.3) is 23.0 Å². The number of hydrogen-bond donors (Lipinski definition) is 2. The number of benzene rings is 1. The highest BCUT2D eigenvalue weighted by molar-refractivity contribution is 5.73. The van der Waals surface area contributed by atoms with E-state index in [9.17, 15) is 0 Å². The molecule has 194 valence electrons. The predicted molar refractivity (Wildman–Crippen MR) is 138 cm³/mol. The Kier molecular flexibility index (Phi) is 6.51. The molecule has 12 heteroatoms. The van der Waals surface area contributed by atoms with Crippen LogP contribution in [0.5, 0.6) is 5.75 Å². The summed E-state index contributed by atoms with van der Waals surface area (Å²) in [5, 5.41) is 12.5. The van der Waals surface area contributed by atoms with Gasteiger partial charge in [0.15, 0.2) is 17.9 Å². The zero-order valence-electron chi connectivity index (χ0n) is 20.8. The first-order chi connectivity index (χ1) is 18.2. The highest BCUT2D eigenvalue weighted by Gasteiger charge is 2.29. The second-order valence-electron chi connectivity index (χ2n) is 9.06. The maximum absolute atomic E-state index is 6.35. The Morgan fingerprint density at radius 3 is 2.68 bits per heavy atom. The molecular weight excluding hydrogens is 474 g/mol. The van der Waals surface area contributed by atoms with Crippen LogP contribution in [0, 0.1) is 0 Å². The lowest BCUT2D eigenvalue weighted by atomic mass is 10.2. The SMILES string of the molecule is COCCOc1ccc(N2CCN(CCn3ncc4c3NC(N)n3nc(-c5ccco5)nc3-4)CC2)cc1. The molecule has 12 nitrogen and oxygen atoms in total. The van der Waals surface area contributed by atoms with Crippen LogP contribution in [0.15, 0.2) is 53.3 Å². The average Bonchev–Trinajstić information content (AvgIpc) is 3.68. The number of methoxy groups -OCH3 is 1. The summed E-state index contributed by atoms with van der Waals surface area (Å²) >= 11 is 0. The van der Waals surface area contributed by atoms with Crippen molar-refractivity contribution in [2.45, 2.75) is 12.8 Å². The minimum absolute atomic E-state index is 0.504. The summed E-state index contributed by atoms with van der Waals surface area (Å²) in [4.78, 5) is 9.54. The molecule has 1 saturated heterocycles. The van der Waals surface area contributed by atoms with Gasteiger partial charge in [0.2, 0.25) is 5.82 Å². The fourth-order valence-corrected chi connectivity index (χ4v) is 4.74. The third-order valence-corrected chi connectivity index (χ3v) is 6.76. The normalized spacial score (nSPS) is 17.4. The number of nitrogens with zero attached hydrogens (tertiary/aromatic N) is 7. The van der Waals surface area contributed by atoms with Crippen LogP contribution in [0.4, 0.5) is 11.5 Å². The first-order valence-electron chi connectivity index (χ1n) is 12.5. The molecule has 2 aliphatic heterocycles. The van der Waals surface area contributed by atoms with Gasteiger partial charge in [-0.3, -0.25) is 10.6 Å². The Morgan fingerprint density at radius 1 is 1.08 bits per heavy atom. The molecule has 1 unspecified atom stereocenters. The van der Waals surface area contributed by atoms with Gasteiger partial charge in [-0.1, -0.05) is 0 Å². The number of nitrogens with two attached hydrogens (primary N) is 1. The van der Waals surface area contributed by atoms with E-state index in [-0.39, 0.29) is 0 Å². The van der Waals surface area contributed by atoms with Crippen LogP contribution in [0.2, 0.25) is 0 Å². The van der Waals surface area contributed by atoms with Gasteiger partial charge in [0, 0.05) is 45.5 Å². The number of fused-ring (bicyclic) bond motifs is 3. The van der Waals surface area contributed by atoms with Gasteiger partial charge in [-0.15, -0.1) is 5.10 Å². The van der Waals surface area contributed by atoms with Crippen LogP contribution in [-0.4, -0.2) is 82.5 Å². The summed E-state index contributed by atoms with van der Waals surface area (Å²) in [6.45, 7) is 6.72. The minimum atomic E-state index is -0.533. The molecule has 0 spiro atoms. The van der Waals surface area contributed by atoms with Gasteiger partial charge in [-0.05, 0) is 36.4 Å². The quantitative estimate of drug-likeness (QED) is 0.327. The van der Waals surface area contributed by atoms with E-state index in [1.165, 1.54) is 5.69 Å². The van der Waals surface area contributed by atoms with Gasteiger partial charge < -0.3 is 24.1 Å². The van der Waals surface area contributed by atoms with Crippen LogP contribution in [0.1, 0.15) is 6.29 Å². The monoisotopic (exact) mass is 505 g/mol. The Bertz CT molecular complexity index is 1310. The van der Waals surface area contributed by atoms with Gasteiger partial charge in [-0.2, -0.15) is 5.10 Å². The molecule has 0 amide bonds. The predicted octanol–water partition coefficient (Wildman–Crippen LogP) is 2.09. The third-order valence-electron chi connectivity index (χ3n) is 6.76. The topological polar surface area (TPSA) is 125 Å². The number of nitrogens with one attached hydrogen (secondary N) is 1. The fourth-order valence-electron chi connectivity index (χ4n) is 4.74. The largest absolute Gasteiger partial charge is 0.491 e. The second kappa shape index (κ2) is 10.2. The molecule has 0 aliphatic carbocycles. The van der Waals surface area contributed by atoms with Crippen molar-refractivity contribution >= 4 is 11.5 Å². The number of hydrogen-bond acceptors (Lipinski definition) is 10. The van der Waals surface area contributed by atoms with Crippen LogP contribution in [-0.2, 0) is 11.3 Å². The molecule has 37 heavy (non-hydrogen) atoms. The number of piperazine rings is 1. The molecule has 0 saturated carbocycles. The average molecular weight is 506 g/mol. The summed E-state index contributed by atoms with van der Waals surface area (Å²) in [5.41, 5.74) is 8.45. The van der Waals surface area contributed by atoms with E-state index in [1.54, 1.807) is 18.1 Å². The van der Waals surface area contributed by atoms with E-state index >= 15 is 0 Å². The van der Waals surface area contributed by atoms with E-state index in [2.05, 4.69) is 42.4 Å². The zero-order chi connectivity index (χ0) is 25.2. The molecule has 3 aromatic heterocycles. The highest BCUT2D eigenvalue weighted by atomic mass is 16.5. The van der Waals surface area contributed by atoms with Crippen molar-refractivity contribution in [3.8, 4) is 28.7 Å². The standard InChI is InChI=1S/C25H31N9O3/c1-35-15-16-36-19-6-4-18(5-7-19)32-11-8-31(9-12-32)10-13-33-23-20(17-27-33)24-28-22(21-3-2-14-37-21)30-34(24)25(26)29-23/h2-7,14,17,25,29H,8-13,15-16,26H2,1H3. The number of aromatic nitrogens is 5. The van der Waals surface area contributed by atoms with E-state index in [1.807, 2.05) is 35.1 Å². The first kappa shape index (κ1) is 23.5. The maximum Gasteiger partial charge on any atom is 0.217 e. The molecule has 3 N–H and O–H groups in total. The lowest BCUT2D eigenvalue weighted by Gasteiger charge is -2.36. The highest BCUT2D eigenvalue weighted by Crippen LogP contribution is 2.34. The van der Waals surface area contributed by atoms with Crippen molar-refractivity contribution in [3.05, 3.63) is 48.9 Å². The molecule has 0 radical (unpaired) electrons. The summed E-state index contributed by atoms with van der Waals surface area (Å²) in [6.07, 6.45) is 2.89. The zero-order valence-corrected chi connectivity index (χ0v) is 20.8. The summed E-state index contributed by atoms with van der Waals surface area (Å²) in [5.74, 6) is 3.52. The number of anilines is 2. The van der Waals surface area contributed by atoms with Gasteiger partial charge in [0.25, 0.3) is 0 Å². The lowest BCUT2D eigenvalue weighted by Crippen LogP contribution is -2.47. The molecule has 1 aromatic carbocycles. The molecule has 0 bridgehead atoms. The van der Waals surface area contributed by atoms with Crippen LogP contribution in [0.3, 0.4) is 0 Å². The fraction of sp³-hybridized carbons (Fsp3) is 0.400. The molecule has 4 aromatic rings. The Hall–Kier alpha value is -3.87. The molecular formula is C25H31N9O3. The van der Waals surface area contributed by atoms with Gasteiger partial charge in [0.1, 0.15) is 18.2 Å². The van der Waals surface area contributed by atoms with Crippen molar-refractivity contribution in [2.75, 3.05) is 63.3 Å². The van der Waals surface area contributed by atoms with Crippen LogP contribution < -0.4 is 20.7 Å². The Balaban J connectivity index is 1.05. The maximum atomic E-state index is 6.35. The molecule has 2 aliphatic rings. The molecule has 1 fully saturated rings.